The molecule has 0 amide bonds. The molecule has 0 aliphatic rings. The van der Waals surface area contributed by atoms with E-state index in [9.17, 15) is 4.39 Å². The molecule has 0 fully saturated rings. The SMILES string of the molecule is Fc1ccc(C(Br)c2cc(Cl)ccc2Br)c2ccccc12. The first-order valence-electron chi connectivity index (χ1n) is 6.34. The molecule has 3 rings (SSSR count). The lowest BCUT2D eigenvalue weighted by atomic mass is 9.98. The van der Waals surface area contributed by atoms with Gasteiger partial charge in [0, 0.05) is 14.9 Å². The molecule has 3 aromatic rings. The fourth-order valence-electron chi connectivity index (χ4n) is 2.38. The first-order valence-corrected chi connectivity index (χ1v) is 8.43. The standard InChI is InChI=1S/C17H10Br2ClF/c18-15-7-5-10(20)9-14(15)17(19)13-6-8-16(21)12-4-2-1-3-11(12)13/h1-9,17H. The van der Waals surface area contributed by atoms with Crippen LogP contribution < -0.4 is 0 Å². The Balaban J connectivity index is 2.20. The fraction of sp³-hybridized carbons (Fsp3) is 0.0588. The smallest absolute Gasteiger partial charge is 0.131 e. The number of halogens is 4. The Morgan fingerprint density at radius 1 is 0.905 bits per heavy atom. The molecule has 1 atom stereocenters. The third-order valence-corrected chi connectivity index (χ3v) is 5.35. The Morgan fingerprint density at radius 2 is 1.62 bits per heavy atom. The molecule has 0 N–H and O–H groups in total. The highest BCUT2D eigenvalue weighted by atomic mass is 79.9. The maximum Gasteiger partial charge on any atom is 0.131 e. The van der Waals surface area contributed by atoms with Crippen LogP contribution in [0.2, 0.25) is 5.02 Å². The highest BCUT2D eigenvalue weighted by Gasteiger charge is 2.17. The zero-order chi connectivity index (χ0) is 15.0. The lowest BCUT2D eigenvalue weighted by Gasteiger charge is -2.16. The molecule has 1 unspecified atom stereocenters. The Hall–Kier alpha value is -0.900. The zero-order valence-electron chi connectivity index (χ0n) is 10.8. The van der Waals surface area contributed by atoms with Crippen molar-refractivity contribution >= 4 is 54.2 Å². The zero-order valence-corrected chi connectivity index (χ0v) is 14.7. The van der Waals surface area contributed by atoms with Crippen LogP contribution in [0.5, 0.6) is 0 Å². The lowest BCUT2D eigenvalue weighted by Crippen LogP contribution is -1.96. The largest absolute Gasteiger partial charge is 0.206 e. The molecule has 0 nitrogen and oxygen atoms in total. The Kier molecular flexibility index (Phi) is 4.34. The van der Waals surface area contributed by atoms with Gasteiger partial charge in [0.25, 0.3) is 0 Å². The van der Waals surface area contributed by atoms with E-state index in [1.807, 2.05) is 42.5 Å². The molecule has 0 aromatic heterocycles. The van der Waals surface area contributed by atoms with Gasteiger partial charge < -0.3 is 0 Å². The minimum atomic E-state index is -0.209. The van der Waals surface area contributed by atoms with Crippen LogP contribution in [0.4, 0.5) is 4.39 Å². The molecule has 21 heavy (non-hydrogen) atoms. The number of hydrogen-bond donors (Lipinski definition) is 0. The van der Waals surface area contributed by atoms with Crippen LogP contribution in [0.1, 0.15) is 16.0 Å². The summed E-state index contributed by atoms with van der Waals surface area (Å²) in [6.45, 7) is 0. The molecular formula is C17H10Br2ClF. The molecule has 106 valence electrons. The van der Waals surface area contributed by atoms with Crippen LogP contribution in [0.25, 0.3) is 10.8 Å². The minimum absolute atomic E-state index is 0.0731. The van der Waals surface area contributed by atoms with Crippen LogP contribution in [-0.2, 0) is 0 Å². The van der Waals surface area contributed by atoms with Crippen molar-refractivity contribution in [2.45, 2.75) is 4.83 Å². The van der Waals surface area contributed by atoms with E-state index in [0.717, 1.165) is 21.0 Å². The molecule has 0 spiro atoms. The molecule has 0 saturated heterocycles. The topological polar surface area (TPSA) is 0 Å². The molecule has 0 aliphatic heterocycles. The summed E-state index contributed by atoms with van der Waals surface area (Å²) in [5.74, 6) is -0.209. The number of hydrogen-bond acceptors (Lipinski definition) is 0. The Labute approximate surface area is 144 Å². The van der Waals surface area contributed by atoms with E-state index in [1.54, 1.807) is 6.07 Å². The molecule has 0 bridgehead atoms. The summed E-state index contributed by atoms with van der Waals surface area (Å²) in [5.41, 5.74) is 2.02. The normalized spacial score (nSPS) is 12.6. The van der Waals surface area contributed by atoms with Gasteiger partial charge in [0.05, 0.1) is 4.83 Å². The number of rotatable bonds is 2. The first-order chi connectivity index (χ1) is 10.1. The predicted molar refractivity (Wildman–Crippen MR) is 93.8 cm³/mol. The van der Waals surface area contributed by atoms with E-state index in [4.69, 9.17) is 11.6 Å². The highest BCUT2D eigenvalue weighted by molar-refractivity contribution is 9.11. The van der Waals surface area contributed by atoms with E-state index < -0.39 is 0 Å². The van der Waals surface area contributed by atoms with Crippen molar-refractivity contribution in [3.63, 3.8) is 0 Å². The molecule has 0 aliphatic carbocycles. The molecular weight excluding hydrogens is 418 g/mol. The number of benzene rings is 3. The van der Waals surface area contributed by atoms with Gasteiger partial charge in [-0.25, -0.2) is 4.39 Å². The third-order valence-electron chi connectivity index (χ3n) is 3.41. The lowest BCUT2D eigenvalue weighted by molar-refractivity contribution is 0.639. The summed E-state index contributed by atoms with van der Waals surface area (Å²) < 4.78 is 14.9. The number of fused-ring (bicyclic) bond motifs is 1. The first kappa shape index (κ1) is 15.0. The van der Waals surface area contributed by atoms with Crippen molar-refractivity contribution in [1.82, 2.24) is 0 Å². The van der Waals surface area contributed by atoms with Gasteiger partial charge in [-0.15, -0.1) is 0 Å². The Bertz CT molecular complexity index is 817. The van der Waals surface area contributed by atoms with Crippen LogP contribution in [0.3, 0.4) is 0 Å². The summed E-state index contributed by atoms with van der Waals surface area (Å²) in [6.07, 6.45) is 0. The molecule has 0 saturated carbocycles. The van der Waals surface area contributed by atoms with Crippen molar-refractivity contribution < 1.29 is 4.39 Å². The van der Waals surface area contributed by atoms with Crippen molar-refractivity contribution in [3.05, 3.63) is 81.0 Å². The second-order valence-electron chi connectivity index (χ2n) is 4.71. The van der Waals surface area contributed by atoms with Gasteiger partial charge >= 0.3 is 0 Å². The van der Waals surface area contributed by atoms with Crippen LogP contribution in [0, 0.1) is 5.82 Å². The van der Waals surface area contributed by atoms with E-state index in [1.165, 1.54) is 6.07 Å². The van der Waals surface area contributed by atoms with Crippen LogP contribution in [0.15, 0.2) is 59.1 Å². The van der Waals surface area contributed by atoms with Gasteiger partial charge in [-0.2, -0.15) is 0 Å². The molecule has 0 heterocycles. The average molecular weight is 429 g/mol. The van der Waals surface area contributed by atoms with E-state index in [0.29, 0.717) is 10.4 Å². The summed E-state index contributed by atoms with van der Waals surface area (Å²) >= 11 is 13.3. The van der Waals surface area contributed by atoms with E-state index in [2.05, 4.69) is 31.9 Å². The number of alkyl halides is 1. The van der Waals surface area contributed by atoms with E-state index >= 15 is 0 Å². The third kappa shape index (κ3) is 2.87. The van der Waals surface area contributed by atoms with Gasteiger partial charge in [-0.1, -0.05) is 73.8 Å². The molecule has 3 aromatic carbocycles. The highest BCUT2D eigenvalue weighted by Crippen LogP contribution is 2.40. The maximum atomic E-state index is 13.9. The molecule has 0 radical (unpaired) electrons. The Morgan fingerprint density at radius 3 is 2.38 bits per heavy atom. The minimum Gasteiger partial charge on any atom is -0.206 e. The van der Waals surface area contributed by atoms with Crippen LogP contribution in [-0.4, -0.2) is 0 Å². The second-order valence-corrected chi connectivity index (χ2v) is 6.92. The fourth-order valence-corrected chi connectivity index (χ4v) is 4.12. The van der Waals surface area contributed by atoms with Gasteiger partial charge in [-0.3, -0.25) is 0 Å². The van der Waals surface area contributed by atoms with Crippen molar-refractivity contribution in [2.75, 3.05) is 0 Å². The van der Waals surface area contributed by atoms with Crippen LogP contribution >= 0.6 is 43.5 Å². The van der Waals surface area contributed by atoms with Gasteiger partial charge in [0.15, 0.2) is 0 Å². The summed E-state index contributed by atoms with van der Waals surface area (Å²) in [4.78, 5) is -0.0731. The van der Waals surface area contributed by atoms with Crippen molar-refractivity contribution in [3.8, 4) is 0 Å². The van der Waals surface area contributed by atoms with Gasteiger partial charge in [-0.05, 0) is 40.8 Å². The summed E-state index contributed by atoms with van der Waals surface area (Å²) in [7, 11) is 0. The second kappa shape index (κ2) is 6.07. The predicted octanol–water partition coefficient (Wildman–Crippen LogP) is 6.88. The van der Waals surface area contributed by atoms with E-state index in [-0.39, 0.29) is 10.6 Å². The van der Waals surface area contributed by atoms with Crippen molar-refractivity contribution in [1.29, 1.82) is 0 Å². The average Bonchev–Trinajstić information content (AvgIpc) is 2.50. The molecule has 4 heteroatoms. The quantitative estimate of drug-likeness (QED) is 0.390. The van der Waals surface area contributed by atoms with Gasteiger partial charge in [0.2, 0.25) is 0 Å². The summed E-state index contributed by atoms with van der Waals surface area (Å²) in [6, 6.07) is 16.4. The van der Waals surface area contributed by atoms with Gasteiger partial charge in [0.1, 0.15) is 5.82 Å². The maximum absolute atomic E-state index is 13.9. The monoisotopic (exact) mass is 426 g/mol. The van der Waals surface area contributed by atoms with Crippen molar-refractivity contribution in [2.24, 2.45) is 0 Å². The summed E-state index contributed by atoms with van der Waals surface area (Å²) in [5, 5.41) is 2.19.